The number of nitrogens with two attached hydrogens (primary N) is 2. The molecule has 0 aliphatic rings. The molecule has 4 heteroatoms. The topological polar surface area (TPSA) is 52.0 Å². The molecule has 78 valence electrons. The van der Waals surface area contributed by atoms with E-state index in [1.54, 1.807) is 26.0 Å². The van der Waals surface area contributed by atoms with Gasteiger partial charge in [-0.3, -0.25) is 0 Å². The second kappa shape index (κ2) is 4.38. The fraction of sp³-hybridized carbons (Fsp3) is 0.400. The Balaban J connectivity index is 3.20. The standard InChI is InChI=1S/C10H14BrFN2/c1-5-3-7(11)4-8(9(5)12)10(14)6(2)13/h3-4,6,10H,13-14H2,1-2H3. The van der Waals surface area contributed by atoms with Crippen LogP contribution in [-0.4, -0.2) is 6.04 Å². The summed E-state index contributed by atoms with van der Waals surface area (Å²) in [5, 5.41) is 0. The second-order valence-electron chi connectivity index (χ2n) is 3.51. The molecule has 4 N–H and O–H groups in total. The molecule has 1 aromatic carbocycles. The molecule has 0 heterocycles. The van der Waals surface area contributed by atoms with E-state index < -0.39 is 6.04 Å². The first-order chi connectivity index (χ1) is 6.43. The molecule has 2 unspecified atom stereocenters. The van der Waals surface area contributed by atoms with E-state index in [0.717, 1.165) is 4.47 Å². The third-order valence-corrected chi connectivity index (χ3v) is 2.63. The van der Waals surface area contributed by atoms with E-state index in [9.17, 15) is 4.39 Å². The SMILES string of the molecule is Cc1cc(Br)cc(C(N)C(C)N)c1F. The van der Waals surface area contributed by atoms with E-state index >= 15 is 0 Å². The van der Waals surface area contributed by atoms with Crippen LogP contribution in [0.5, 0.6) is 0 Å². The summed E-state index contributed by atoms with van der Waals surface area (Å²) in [6.45, 7) is 3.47. The summed E-state index contributed by atoms with van der Waals surface area (Å²) in [6.07, 6.45) is 0. The zero-order valence-corrected chi connectivity index (χ0v) is 9.81. The van der Waals surface area contributed by atoms with Gasteiger partial charge in [-0.05, 0) is 31.5 Å². The third kappa shape index (κ3) is 2.32. The van der Waals surface area contributed by atoms with Crippen LogP contribution in [0.3, 0.4) is 0 Å². The van der Waals surface area contributed by atoms with Crippen LogP contribution in [0, 0.1) is 12.7 Å². The first-order valence-electron chi connectivity index (χ1n) is 4.40. The van der Waals surface area contributed by atoms with Crippen molar-refractivity contribution >= 4 is 15.9 Å². The molecule has 1 rings (SSSR count). The van der Waals surface area contributed by atoms with Crippen molar-refractivity contribution < 1.29 is 4.39 Å². The Morgan fingerprint density at radius 2 is 1.93 bits per heavy atom. The molecule has 0 amide bonds. The zero-order valence-electron chi connectivity index (χ0n) is 8.22. The molecule has 0 fully saturated rings. The van der Waals surface area contributed by atoms with Gasteiger partial charge in [0, 0.05) is 22.1 Å². The Kier molecular flexibility index (Phi) is 3.64. The number of benzene rings is 1. The first kappa shape index (κ1) is 11.6. The number of halogens is 2. The number of aryl methyl sites for hydroxylation is 1. The van der Waals surface area contributed by atoms with Gasteiger partial charge in [0.25, 0.3) is 0 Å². The van der Waals surface area contributed by atoms with Crippen molar-refractivity contribution in [2.45, 2.75) is 25.9 Å². The molecule has 2 nitrogen and oxygen atoms in total. The predicted octanol–water partition coefficient (Wildman–Crippen LogP) is 2.24. The average molecular weight is 261 g/mol. The molecule has 0 aliphatic heterocycles. The van der Waals surface area contributed by atoms with Gasteiger partial charge < -0.3 is 11.5 Å². The summed E-state index contributed by atoms with van der Waals surface area (Å²) in [7, 11) is 0. The van der Waals surface area contributed by atoms with Crippen molar-refractivity contribution in [3.8, 4) is 0 Å². The van der Waals surface area contributed by atoms with Crippen LogP contribution in [0.1, 0.15) is 24.1 Å². The van der Waals surface area contributed by atoms with Crippen LogP contribution >= 0.6 is 15.9 Å². The normalized spacial score (nSPS) is 15.3. The highest BCUT2D eigenvalue weighted by Gasteiger charge is 2.17. The largest absolute Gasteiger partial charge is 0.326 e. The van der Waals surface area contributed by atoms with Crippen LogP contribution in [0.25, 0.3) is 0 Å². The van der Waals surface area contributed by atoms with Gasteiger partial charge in [0.05, 0.1) is 0 Å². The molecule has 0 radical (unpaired) electrons. The van der Waals surface area contributed by atoms with Crippen LogP contribution in [0.2, 0.25) is 0 Å². The summed E-state index contributed by atoms with van der Waals surface area (Å²) in [4.78, 5) is 0. The molecule has 0 saturated carbocycles. The maximum Gasteiger partial charge on any atom is 0.131 e. The maximum absolute atomic E-state index is 13.6. The molecule has 1 aromatic rings. The lowest BCUT2D eigenvalue weighted by Crippen LogP contribution is -2.31. The van der Waals surface area contributed by atoms with E-state index in [2.05, 4.69) is 15.9 Å². The Morgan fingerprint density at radius 1 is 1.36 bits per heavy atom. The Bertz CT molecular complexity index is 339. The second-order valence-corrected chi connectivity index (χ2v) is 4.43. The van der Waals surface area contributed by atoms with Gasteiger partial charge in [-0.25, -0.2) is 4.39 Å². The average Bonchev–Trinajstić information content (AvgIpc) is 2.09. The first-order valence-corrected chi connectivity index (χ1v) is 5.19. The number of rotatable bonds is 2. The lowest BCUT2D eigenvalue weighted by Gasteiger charge is -2.18. The molecule has 0 spiro atoms. The van der Waals surface area contributed by atoms with Crippen LogP contribution in [0.4, 0.5) is 4.39 Å². The minimum atomic E-state index is -0.466. The van der Waals surface area contributed by atoms with E-state index in [1.807, 2.05) is 0 Å². The van der Waals surface area contributed by atoms with E-state index in [0.29, 0.717) is 11.1 Å². The van der Waals surface area contributed by atoms with Crippen molar-refractivity contribution in [2.75, 3.05) is 0 Å². The highest BCUT2D eigenvalue weighted by Crippen LogP contribution is 2.24. The molecule has 0 aromatic heterocycles. The van der Waals surface area contributed by atoms with Gasteiger partial charge in [0.2, 0.25) is 0 Å². The predicted molar refractivity (Wildman–Crippen MR) is 59.4 cm³/mol. The highest BCUT2D eigenvalue weighted by atomic mass is 79.9. The van der Waals surface area contributed by atoms with Crippen molar-refractivity contribution in [1.82, 2.24) is 0 Å². The number of hydrogen-bond donors (Lipinski definition) is 2. The molecule has 0 aliphatic carbocycles. The summed E-state index contributed by atoms with van der Waals surface area (Å²) >= 11 is 3.30. The molecule has 14 heavy (non-hydrogen) atoms. The van der Waals surface area contributed by atoms with Crippen molar-refractivity contribution in [2.24, 2.45) is 11.5 Å². The van der Waals surface area contributed by atoms with E-state index in [1.165, 1.54) is 0 Å². The summed E-state index contributed by atoms with van der Waals surface area (Å²) < 4.78 is 14.5. The quantitative estimate of drug-likeness (QED) is 0.857. The van der Waals surface area contributed by atoms with Gasteiger partial charge in [-0.2, -0.15) is 0 Å². The zero-order chi connectivity index (χ0) is 10.9. The van der Waals surface area contributed by atoms with Gasteiger partial charge in [-0.15, -0.1) is 0 Å². The fourth-order valence-electron chi connectivity index (χ4n) is 1.28. The highest BCUT2D eigenvalue weighted by molar-refractivity contribution is 9.10. The van der Waals surface area contributed by atoms with Crippen molar-refractivity contribution in [3.63, 3.8) is 0 Å². The lowest BCUT2D eigenvalue weighted by molar-refractivity contribution is 0.531. The number of hydrogen-bond acceptors (Lipinski definition) is 2. The summed E-state index contributed by atoms with van der Waals surface area (Å²) in [5.41, 5.74) is 12.5. The van der Waals surface area contributed by atoms with Gasteiger partial charge >= 0.3 is 0 Å². The van der Waals surface area contributed by atoms with Gasteiger partial charge in [0.1, 0.15) is 5.82 Å². The molecule has 0 bridgehead atoms. The Labute approximate surface area is 91.6 Å². The smallest absolute Gasteiger partial charge is 0.131 e. The molecular formula is C10H14BrFN2. The maximum atomic E-state index is 13.6. The monoisotopic (exact) mass is 260 g/mol. The molecular weight excluding hydrogens is 247 g/mol. The van der Waals surface area contributed by atoms with Crippen LogP contribution in [-0.2, 0) is 0 Å². The van der Waals surface area contributed by atoms with E-state index in [4.69, 9.17) is 11.5 Å². The Morgan fingerprint density at radius 3 is 2.43 bits per heavy atom. The summed E-state index contributed by atoms with van der Waals surface area (Å²) in [5.74, 6) is -0.266. The van der Waals surface area contributed by atoms with Crippen LogP contribution < -0.4 is 11.5 Å². The minimum absolute atomic E-state index is 0.266. The summed E-state index contributed by atoms with van der Waals surface area (Å²) in [6, 6.07) is 2.66. The van der Waals surface area contributed by atoms with Gasteiger partial charge in [-0.1, -0.05) is 15.9 Å². The fourth-order valence-corrected chi connectivity index (χ4v) is 1.87. The van der Waals surface area contributed by atoms with Crippen molar-refractivity contribution in [3.05, 3.63) is 33.5 Å². The van der Waals surface area contributed by atoms with Crippen LogP contribution in [0.15, 0.2) is 16.6 Å². The van der Waals surface area contributed by atoms with Crippen molar-refractivity contribution in [1.29, 1.82) is 0 Å². The lowest BCUT2D eigenvalue weighted by atomic mass is 9.99. The van der Waals surface area contributed by atoms with Gasteiger partial charge in [0.15, 0.2) is 0 Å². The molecule has 2 atom stereocenters. The van der Waals surface area contributed by atoms with E-state index in [-0.39, 0.29) is 11.9 Å². The third-order valence-electron chi connectivity index (χ3n) is 2.17. The minimum Gasteiger partial charge on any atom is -0.326 e. The Hall–Kier alpha value is -0.450. The molecule has 0 saturated heterocycles.